The van der Waals surface area contributed by atoms with Crippen LogP contribution in [0, 0.1) is 0 Å². The Kier molecular flexibility index (Phi) is 5.51. The highest BCUT2D eigenvalue weighted by Crippen LogP contribution is 2.12. The summed E-state index contributed by atoms with van der Waals surface area (Å²) in [6, 6.07) is 0. The van der Waals surface area contributed by atoms with Gasteiger partial charge in [0.05, 0.1) is 6.54 Å². The second-order valence-electron chi connectivity index (χ2n) is 4.34. The van der Waals surface area contributed by atoms with Crippen LogP contribution in [0.1, 0.15) is 47.5 Å². The third-order valence-electron chi connectivity index (χ3n) is 1.75. The van der Waals surface area contributed by atoms with E-state index < -0.39 is 0 Å². The Bertz CT molecular complexity index is 205. The number of nitrogens with zero attached hydrogens (tertiary/aromatic N) is 1. The Labute approximate surface area is 88.1 Å². The summed E-state index contributed by atoms with van der Waals surface area (Å²) in [7, 11) is 0. The van der Waals surface area contributed by atoms with Gasteiger partial charge in [0, 0.05) is 5.71 Å². The zero-order valence-electron chi connectivity index (χ0n) is 10.2. The zero-order valence-corrected chi connectivity index (χ0v) is 10.2. The van der Waals surface area contributed by atoms with Gasteiger partial charge in [0.15, 0.2) is 0 Å². The Balaban J connectivity index is 4.02. The van der Waals surface area contributed by atoms with Crippen LogP contribution >= 0.6 is 0 Å². The average Bonchev–Trinajstić information content (AvgIpc) is 2.03. The molecule has 82 valence electrons. The first kappa shape index (κ1) is 13.2. The molecule has 2 nitrogen and oxygen atoms in total. The maximum Gasteiger partial charge on any atom is 0.111 e. The van der Waals surface area contributed by atoms with Crippen LogP contribution in [0.15, 0.2) is 17.3 Å². The van der Waals surface area contributed by atoms with Gasteiger partial charge in [0.1, 0.15) is 11.4 Å². The van der Waals surface area contributed by atoms with Crippen molar-refractivity contribution < 1.29 is 4.74 Å². The highest BCUT2D eigenvalue weighted by atomic mass is 16.5. The molecule has 0 aromatic carbocycles. The van der Waals surface area contributed by atoms with E-state index >= 15 is 0 Å². The van der Waals surface area contributed by atoms with Gasteiger partial charge in [-0.25, -0.2) is 0 Å². The van der Waals surface area contributed by atoms with E-state index in [0.29, 0.717) is 6.54 Å². The predicted octanol–water partition coefficient (Wildman–Crippen LogP) is 3.58. The van der Waals surface area contributed by atoms with Crippen LogP contribution in [0.3, 0.4) is 0 Å². The summed E-state index contributed by atoms with van der Waals surface area (Å²) in [6.07, 6.45) is 2.03. The van der Waals surface area contributed by atoms with Gasteiger partial charge >= 0.3 is 0 Å². The fourth-order valence-corrected chi connectivity index (χ4v) is 1.14. The Hall–Kier alpha value is -0.790. The molecule has 0 aromatic heterocycles. The number of hydrogen-bond acceptors (Lipinski definition) is 2. The maximum absolute atomic E-state index is 5.58. The van der Waals surface area contributed by atoms with Gasteiger partial charge in [0.2, 0.25) is 0 Å². The van der Waals surface area contributed by atoms with Crippen LogP contribution in [0.2, 0.25) is 0 Å². The summed E-state index contributed by atoms with van der Waals surface area (Å²) in [5, 5.41) is 0. The molecule has 0 aromatic rings. The molecule has 14 heavy (non-hydrogen) atoms. The smallest absolute Gasteiger partial charge is 0.111 e. The predicted molar refractivity (Wildman–Crippen MR) is 62.9 cm³/mol. The van der Waals surface area contributed by atoms with Gasteiger partial charge in [-0.2, -0.15) is 0 Å². The molecule has 0 aliphatic heterocycles. The normalized spacial score (nSPS) is 10.9. The SMILES string of the molecule is C=C(CN=C(CC)CC)OC(C)(C)C. The molecule has 0 heterocycles. The van der Waals surface area contributed by atoms with Crippen molar-refractivity contribution in [1.29, 1.82) is 0 Å². The van der Waals surface area contributed by atoms with Crippen molar-refractivity contribution in [2.75, 3.05) is 6.54 Å². The molecule has 0 bridgehead atoms. The van der Waals surface area contributed by atoms with E-state index in [4.69, 9.17) is 4.74 Å². The molecule has 0 saturated heterocycles. The summed E-state index contributed by atoms with van der Waals surface area (Å²) in [6.45, 7) is 14.7. The minimum atomic E-state index is -0.162. The van der Waals surface area contributed by atoms with E-state index in [-0.39, 0.29) is 5.60 Å². The van der Waals surface area contributed by atoms with Gasteiger partial charge in [-0.1, -0.05) is 20.4 Å². The molecule has 0 rings (SSSR count). The molecule has 0 spiro atoms. The van der Waals surface area contributed by atoms with Crippen LogP contribution in [0.5, 0.6) is 0 Å². The Morgan fingerprint density at radius 1 is 1.21 bits per heavy atom. The van der Waals surface area contributed by atoms with Crippen molar-refractivity contribution in [3.8, 4) is 0 Å². The summed E-state index contributed by atoms with van der Waals surface area (Å²) >= 11 is 0. The first-order valence-corrected chi connectivity index (χ1v) is 5.28. The lowest BCUT2D eigenvalue weighted by Crippen LogP contribution is -2.19. The highest BCUT2D eigenvalue weighted by Gasteiger charge is 2.11. The Morgan fingerprint density at radius 3 is 2.07 bits per heavy atom. The van der Waals surface area contributed by atoms with Gasteiger partial charge < -0.3 is 4.74 Å². The fourth-order valence-electron chi connectivity index (χ4n) is 1.14. The van der Waals surface area contributed by atoms with Crippen LogP contribution in [0.4, 0.5) is 0 Å². The summed E-state index contributed by atoms with van der Waals surface area (Å²) < 4.78 is 5.58. The van der Waals surface area contributed by atoms with E-state index in [1.807, 2.05) is 20.8 Å². The number of ether oxygens (including phenoxy) is 1. The zero-order chi connectivity index (χ0) is 11.2. The van der Waals surface area contributed by atoms with E-state index in [2.05, 4.69) is 25.4 Å². The molecule has 0 aliphatic rings. The number of rotatable bonds is 5. The average molecular weight is 197 g/mol. The lowest BCUT2D eigenvalue weighted by molar-refractivity contribution is 0.0521. The molecule has 0 atom stereocenters. The topological polar surface area (TPSA) is 21.6 Å². The van der Waals surface area contributed by atoms with Crippen molar-refractivity contribution in [1.82, 2.24) is 0 Å². The van der Waals surface area contributed by atoms with E-state index in [1.54, 1.807) is 0 Å². The molecule has 0 aliphatic carbocycles. The second kappa shape index (κ2) is 5.84. The monoisotopic (exact) mass is 197 g/mol. The van der Waals surface area contributed by atoms with Crippen molar-refractivity contribution >= 4 is 5.71 Å². The van der Waals surface area contributed by atoms with Crippen LogP contribution < -0.4 is 0 Å². The highest BCUT2D eigenvalue weighted by molar-refractivity contribution is 5.83. The maximum atomic E-state index is 5.58. The number of aliphatic imine (C=N–C) groups is 1. The first-order valence-electron chi connectivity index (χ1n) is 5.28. The fraction of sp³-hybridized carbons (Fsp3) is 0.750. The van der Waals surface area contributed by atoms with Crippen molar-refractivity contribution in [3.05, 3.63) is 12.3 Å². The summed E-state index contributed by atoms with van der Waals surface area (Å²) in [5.41, 5.74) is 1.06. The lowest BCUT2D eigenvalue weighted by Gasteiger charge is -2.22. The third-order valence-corrected chi connectivity index (χ3v) is 1.75. The molecule has 0 unspecified atom stereocenters. The third kappa shape index (κ3) is 6.70. The second-order valence-corrected chi connectivity index (χ2v) is 4.34. The molecule has 0 amide bonds. The molecule has 0 radical (unpaired) electrons. The minimum absolute atomic E-state index is 0.162. The first-order chi connectivity index (χ1) is 6.39. The minimum Gasteiger partial charge on any atom is -0.491 e. The quantitative estimate of drug-likeness (QED) is 0.487. The van der Waals surface area contributed by atoms with Gasteiger partial charge in [0.25, 0.3) is 0 Å². The Morgan fingerprint density at radius 2 is 1.71 bits per heavy atom. The molecule has 0 N–H and O–H groups in total. The summed E-state index contributed by atoms with van der Waals surface area (Å²) in [5.74, 6) is 0.747. The van der Waals surface area contributed by atoms with Gasteiger partial charge in [-0.15, -0.1) is 0 Å². The molecule has 0 saturated carbocycles. The molecule has 0 fully saturated rings. The molecular weight excluding hydrogens is 174 g/mol. The van der Waals surface area contributed by atoms with Crippen molar-refractivity contribution in [2.24, 2.45) is 4.99 Å². The van der Waals surface area contributed by atoms with E-state index in [9.17, 15) is 0 Å². The van der Waals surface area contributed by atoms with Crippen LogP contribution in [-0.4, -0.2) is 17.9 Å². The lowest BCUT2D eigenvalue weighted by atomic mass is 10.2. The number of hydrogen-bond donors (Lipinski definition) is 0. The van der Waals surface area contributed by atoms with Gasteiger partial charge in [-0.05, 0) is 33.6 Å². The molecular formula is C12H23NO. The molecule has 2 heteroatoms. The standard InChI is InChI=1S/C12H23NO/c1-7-11(8-2)13-9-10(3)14-12(4,5)6/h3,7-9H2,1-2,4-6H3. The van der Waals surface area contributed by atoms with Crippen LogP contribution in [0.25, 0.3) is 0 Å². The van der Waals surface area contributed by atoms with Crippen molar-refractivity contribution in [3.63, 3.8) is 0 Å². The largest absolute Gasteiger partial charge is 0.491 e. The van der Waals surface area contributed by atoms with E-state index in [1.165, 1.54) is 5.71 Å². The van der Waals surface area contributed by atoms with Gasteiger partial charge in [-0.3, -0.25) is 4.99 Å². The van der Waals surface area contributed by atoms with E-state index in [0.717, 1.165) is 18.6 Å². The van der Waals surface area contributed by atoms with Crippen molar-refractivity contribution in [2.45, 2.75) is 53.1 Å². The summed E-state index contributed by atoms with van der Waals surface area (Å²) in [4.78, 5) is 4.44. The van der Waals surface area contributed by atoms with Crippen LogP contribution in [-0.2, 0) is 4.74 Å².